The maximum Gasteiger partial charge on any atom is 0.572 e. The zero-order valence-electron chi connectivity index (χ0n) is 20.0. The lowest BCUT2D eigenvalue weighted by molar-refractivity contribution is -0.310. The molecule has 4 rings (SSSR count). The van der Waals surface area contributed by atoms with E-state index in [-0.39, 0.29) is 24.2 Å². The number of carbonyl (C=O) groups is 2. The van der Waals surface area contributed by atoms with Crippen molar-refractivity contribution in [2.45, 2.75) is 18.3 Å². The fourth-order valence-electron chi connectivity index (χ4n) is 4.30. The van der Waals surface area contributed by atoms with Gasteiger partial charge in [-0.2, -0.15) is 0 Å². The summed E-state index contributed by atoms with van der Waals surface area (Å²) < 4.78 is 44.7. The molecule has 3 heterocycles. The number of rotatable bonds is 7. The summed E-state index contributed by atoms with van der Waals surface area (Å²) in [5.74, 6) is -2.01. The van der Waals surface area contributed by atoms with Crippen LogP contribution in [0.25, 0.3) is 11.1 Å². The number of ether oxygens (including phenoxy) is 1. The number of aromatic nitrogens is 3. The summed E-state index contributed by atoms with van der Waals surface area (Å²) >= 11 is 0. The Morgan fingerprint density at radius 1 is 1.08 bits per heavy atom. The zero-order chi connectivity index (χ0) is 26.6. The molecule has 0 saturated carbocycles. The van der Waals surface area contributed by atoms with Crippen LogP contribution in [0.15, 0.2) is 60.5 Å². The van der Waals surface area contributed by atoms with Crippen LogP contribution in [0.1, 0.15) is 12.1 Å². The van der Waals surface area contributed by atoms with Crippen molar-refractivity contribution in [3.8, 4) is 11.1 Å². The van der Waals surface area contributed by atoms with E-state index >= 15 is 0 Å². The van der Waals surface area contributed by atoms with E-state index in [2.05, 4.69) is 29.9 Å². The molecule has 0 spiro atoms. The van der Waals surface area contributed by atoms with Crippen LogP contribution in [0.2, 0.25) is 0 Å². The minimum atomic E-state index is -5.06. The van der Waals surface area contributed by atoms with Crippen molar-refractivity contribution in [3.05, 3.63) is 66.2 Å². The number of amides is 2. The fourth-order valence-corrected chi connectivity index (χ4v) is 4.30. The van der Waals surface area contributed by atoms with Crippen molar-refractivity contribution in [2.75, 3.05) is 39.8 Å². The van der Waals surface area contributed by atoms with Crippen molar-refractivity contribution in [1.29, 1.82) is 0 Å². The van der Waals surface area contributed by atoms with E-state index in [1.807, 2.05) is 11.9 Å². The third-order valence-corrected chi connectivity index (χ3v) is 6.26. The molecule has 0 bridgehead atoms. The molecule has 196 valence electrons. The molecule has 1 aliphatic heterocycles. The van der Waals surface area contributed by atoms with Gasteiger partial charge in [0, 0.05) is 67.9 Å². The Morgan fingerprint density at radius 2 is 1.78 bits per heavy atom. The molecule has 1 unspecified atom stereocenters. The van der Waals surface area contributed by atoms with Crippen LogP contribution in [-0.4, -0.2) is 82.7 Å². The lowest BCUT2D eigenvalue weighted by Crippen LogP contribution is -2.55. The number of nitrogens with one attached hydrogen (secondary N) is 1. The largest absolute Gasteiger partial charge is 0.572 e. The predicted octanol–water partition coefficient (Wildman–Crippen LogP) is 1.33. The highest BCUT2D eigenvalue weighted by Gasteiger charge is 2.48. The van der Waals surface area contributed by atoms with Crippen molar-refractivity contribution in [2.24, 2.45) is 5.73 Å². The summed E-state index contributed by atoms with van der Waals surface area (Å²) in [5, 5.41) is 2.70. The standard InChI is InChI=1S/C24H26F3N7O3/c1-33-6-8-34(9-7-33)14-21(35)32-23(10-16(22(28)36)3-5-20(23)37-24(25,26)27)19-4-2-17(13-31-19)18-11-29-15-30-12-18/h2-5,11-13,15H,6-10,14H2,1H3,(H2,28,36)(H,32,35). The van der Waals surface area contributed by atoms with Gasteiger partial charge in [-0.15, -0.1) is 13.2 Å². The minimum absolute atomic E-state index is 0.0109. The monoisotopic (exact) mass is 517 g/mol. The van der Waals surface area contributed by atoms with E-state index in [9.17, 15) is 22.8 Å². The molecule has 37 heavy (non-hydrogen) atoms. The average molecular weight is 518 g/mol. The molecule has 2 aliphatic rings. The van der Waals surface area contributed by atoms with Crippen LogP contribution in [0.4, 0.5) is 13.2 Å². The first kappa shape index (κ1) is 26.2. The number of piperazine rings is 1. The molecule has 0 radical (unpaired) electrons. The SMILES string of the molecule is CN1CCN(CC(=O)NC2(c3ccc(-c4cncnc4)cn3)CC(C(N)=O)=CC=C2OC(F)(F)F)CC1. The first-order valence-electron chi connectivity index (χ1n) is 11.5. The Morgan fingerprint density at radius 3 is 2.38 bits per heavy atom. The molecule has 10 nitrogen and oxygen atoms in total. The first-order valence-corrected chi connectivity index (χ1v) is 11.5. The van der Waals surface area contributed by atoms with E-state index < -0.39 is 29.5 Å². The zero-order valence-corrected chi connectivity index (χ0v) is 20.0. The number of nitrogens with two attached hydrogens (primary N) is 1. The Labute approximate surface area is 211 Å². The van der Waals surface area contributed by atoms with Crippen molar-refractivity contribution >= 4 is 11.8 Å². The van der Waals surface area contributed by atoms with Crippen molar-refractivity contribution in [3.63, 3.8) is 0 Å². The van der Waals surface area contributed by atoms with E-state index in [0.717, 1.165) is 25.2 Å². The van der Waals surface area contributed by atoms with Crippen LogP contribution >= 0.6 is 0 Å². The van der Waals surface area contributed by atoms with Gasteiger partial charge in [-0.05, 0) is 19.2 Å². The molecule has 2 aromatic rings. The number of halogens is 3. The number of hydrogen-bond acceptors (Lipinski definition) is 8. The van der Waals surface area contributed by atoms with Gasteiger partial charge < -0.3 is 20.7 Å². The number of hydrogen-bond donors (Lipinski definition) is 2. The number of likely N-dealkylation sites (N-methyl/N-ethyl adjacent to an activating group) is 1. The van der Waals surface area contributed by atoms with Gasteiger partial charge >= 0.3 is 6.36 Å². The number of alkyl halides is 3. The summed E-state index contributed by atoms with van der Waals surface area (Å²) in [6.07, 6.45) is 2.63. The first-order chi connectivity index (χ1) is 17.6. The molecule has 1 atom stereocenters. The number of allylic oxidation sites excluding steroid dienone is 2. The highest BCUT2D eigenvalue weighted by Crippen LogP contribution is 2.41. The second kappa shape index (κ2) is 10.6. The van der Waals surface area contributed by atoms with Gasteiger partial charge in [0.1, 0.15) is 17.6 Å². The van der Waals surface area contributed by atoms with Crippen LogP contribution < -0.4 is 11.1 Å². The Hall–Kier alpha value is -3.84. The molecule has 2 amide bonds. The van der Waals surface area contributed by atoms with Gasteiger partial charge in [0.2, 0.25) is 11.8 Å². The lowest BCUT2D eigenvalue weighted by Gasteiger charge is -2.39. The molecule has 1 aliphatic carbocycles. The van der Waals surface area contributed by atoms with Crippen LogP contribution in [-0.2, 0) is 19.9 Å². The molecule has 1 fully saturated rings. The molecular formula is C24H26F3N7O3. The number of primary amides is 1. The predicted molar refractivity (Wildman–Crippen MR) is 126 cm³/mol. The van der Waals surface area contributed by atoms with Crippen LogP contribution in [0, 0.1) is 0 Å². The van der Waals surface area contributed by atoms with Gasteiger partial charge in [-0.25, -0.2) is 9.97 Å². The third kappa shape index (κ3) is 6.30. The summed E-state index contributed by atoms with van der Waals surface area (Å²) in [4.78, 5) is 41.5. The molecule has 2 aromatic heterocycles. The molecule has 13 heteroatoms. The van der Waals surface area contributed by atoms with Crippen LogP contribution in [0.3, 0.4) is 0 Å². The summed E-state index contributed by atoms with van der Waals surface area (Å²) in [6.45, 7) is 2.70. The van der Waals surface area contributed by atoms with Crippen molar-refractivity contribution < 1.29 is 27.5 Å². The minimum Gasteiger partial charge on any atom is -0.407 e. The number of pyridine rings is 1. The maximum absolute atomic E-state index is 13.5. The smallest absolute Gasteiger partial charge is 0.407 e. The Balaban J connectivity index is 1.72. The second-order valence-corrected chi connectivity index (χ2v) is 8.90. The summed E-state index contributed by atoms with van der Waals surface area (Å²) in [6, 6.07) is 3.08. The second-order valence-electron chi connectivity index (χ2n) is 8.90. The topological polar surface area (TPSA) is 127 Å². The molecule has 1 saturated heterocycles. The quantitative estimate of drug-likeness (QED) is 0.564. The Bertz CT molecular complexity index is 1190. The average Bonchev–Trinajstić information content (AvgIpc) is 2.86. The maximum atomic E-state index is 13.5. The fraction of sp³-hybridized carbons (Fsp3) is 0.375. The summed E-state index contributed by atoms with van der Waals surface area (Å²) in [7, 11) is 1.97. The van der Waals surface area contributed by atoms with Gasteiger partial charge in [0.05, 0.1) is 12.2 Å². The summed E-state index contributed by atoms with van der Waals surface area (Å²) in [5.41, 5.74) is 4.84. The van der Waals surface area contributed by atoms with Crippen LogP contribution in [0.5, 0.6) is 0 Å². The molecule has 3 N–H and O–H groups in total. The van der Waals surface area contributed by atoms with Gasteiger partial charge in [0.15, 0.2) is 0 Å². The van der Waals surface area contributed by atoms with E-state index in [1.165, 1.54) is 18.6 Å². The number of nitrogens with zero attached hydrogens (tertiary/aromatic N) is 5. The van der Waals surface area contributed by atoms with Gasteiger partial charge in [-0.1, -0.05) is 12.1 Å². The van der Waals surface area contributed by atoms with Gasteiger partial charge in [0.25, 0.3) is 0 Å². The molecular weight excluding hydrogens is 491 g/mol. The highest BCUT2D eigenvalue weighted by molar-refractivity contribution is 5.93. The highest BCUT2D eigenvalue weighted by atomic mass is 19.4. The lowest BCUT2D eigenvalue weighted by atomic mass is 9.80. The normalized spacial score (nSPS) is 21.1. The Kier molecular flexibility index (Phi) is 7.55. The van der Waals surface area contributed by atoms with Crippen molar-refractivity contribution in [1.82, 2.24) is 30.1 Å². The number of carbonyl (C=O) groups excluding carboxylic acids is 2. The van der Waals surface area contributed by atoms with E-state index in [4.69, 9.17) is 5.73 Å². The third-order valence-electron chi connectivity index (χ3n) is 6.26. The van der Waals surface area contributed by atoms with Gasteiger partial charge in [-0.3, -0.25) is 19.5 Å². The van der Waals surface area contributed by atoms with E-state index in [0.29, 0.717) is 24.2 Å². The molecule has 0 aromatic carbocycles. The van der Waals surface area contributed by atoms with E-state index in [1.54, 1.807) is 18.5 Å².